The summed E-state index contributed by atoms with van der Waals surface area (Å²) < 4.78 is 0. The third-order valence-corrected chi connectivity index (χ3v) is 4.33. The molecule has 0 radical (unpaired) electrons. The number of rotatable bonds is 5. The molecule has 1 aromatic rings. The monoisotopic (exact) mass is 260 g/mol. The molecule has 0 aromatic heterocycles. The predicted molar refractivity (Wildman–Crippen MR) is 82.3 cm³/mol. The maximum Gasteiger partial charge on any atom is 0.0557 e. The van der Waals surface area contributed by atoms with E-state index in [0.717, 1.165) is 25.6 Å². The molecule has 2 nitrogen and oxygen atoms in total. The molecule has 1 fully saturated rings. The Labute approximate surface area is 118 Å². The molecule has 1 heterocycles. The summed E-state index contributed by atoms with van der Waals surface area (Å²) in [6.45, 7) is 11.5. The fourth-order valence-corrected chi connectivity index (χ4v) is 3.04. The van der Waals surface area contributed by atoms with Crippen LogP contribution in [0.1, 0.15) is 39.2 Å². The minimum Gasteiger partial charge on any atom is -0.313 e. The highest BCUT2D eigenvalue weighted by atomic mass is 15.3. The minimum absolute atomic E-state index is 0.149. The van der Waals surface area contributed by atoms with Crippen molar-refractivity contribution in [2.45, 2.75) is 39.2 Å². The Bertz CT molecular complexity index is 374. The average Bonchev–Trinajstić information content (AvgIpc) is 2.42. The van der Waals surface area contributed by atoms with E-state index in [2.05, 4.69) is 61.3 Å². The standard InChI is InChI=1S/C17H28N2/c1-15(2)8-7-12-19-13-11-18-14-17(19,3)16-9-5-4-6-10-16/h4-6,9-10,15,18H,7-8,11-14H2,1-3H3. The van der Waals surface area contributed by atoms with Crippen LogP contribution in [0.15, 0.2) is 30.3 Å². The van der Waals surface area contributed by atoms with Gasteiger partial charge in [-0.05, 0) is 37.8 Å². The van der Waals surface area contributed by atoms with Gasteiger partial charge in [0.25, 0.3) is 0 Å². The molecule has 0 bridgehead atoms. The van der Waals surface area contributed by atoms with Crippen LogP contribution in [0.5, 0.6) is 0 Å². The van der Waals surface area contributed by atoms with Crippen molar-refractivity contribution in [3.8, 4) is 0 Å². The van der Waals surface area contributed by atoms with Crippen molar-refractivity contribution < 1.29 is 0 Å². The maximum atomic E-state index is 3.56. The van der Waals surface area contributed by atoms with Crippen molar-refractivity contribution in [3.05, 3.63) is 35.9 Å². The van der Waals surface area contributed by atoms with Crippen molar-refractivity contribution in [3.63, 3.8) is 0 Å². The van der Waals surface area contributed by atoms with Crippen LogP contribution in [0, 0.1) is 5.92 Å². The van der Waals surface area contributed by atoms with Crippen molar-refractivity contribution >= 4 is 0 Å². The highest BCUT2D eigenvalue weighted by Crippen LogP contribution is 2.29. The summed E-state index contributed by atoms with van der Waals surface area (Å²) in [4.78, 5) is 2.67. The van der Waals surface area contributed by atoms with E-state index in [0.29, 0.717) is 0 Å². The van der Waals surface area contributed by atoms with Crippen LogP contribution in [-0.4, -0.2) is 31.1 Å². The first-order chi connectivity index (χ1) is 9.13. The molecule has 1 atom stereocenters. The molecule has 1 saturated heterocycles. The van der Waals surface area contributed by atoms with Gasteiger partial charge in [0.05, 0.1) is 5.54 Å². The van der Waals surface area contributed by atoms with Crippen molar-refractivity contribution in [2.75, 3.05) is 26.2 Å². The molecule has 0 spiro atoms. The zero-order valence-corrected chi connectivity index (χ0v) is 12.7. The first-order valence-electron chi connectivity index (χ1n) is 7.64. The molecule has 2 heteroatoms. The Kier molecular flexibility index (Phi) is 5.00. The van der Waals surface area contributed by atoms with Gasteiger partial charge in [-0.2, -0.15) is 0 Å². The molecule has 0 saturated carbocycles. The van der Waals surface area contributed by atoms with E-state index in [1.807, 2.05) is 0 Å². The minimum atomic E-state index is 0.149. The Morgan fingerprint density at radius 3 is 2.68 bits per heavy atom. The fourth-order valence-electron chi connectivity index (χ4n) is 3.04. The number of hydrogen-bond donors (Lipinski definition) is 1. The lowest BCUT2D eigenvalue weighted by molar-refractivity contribution is 0.0702. The Hall–Kier alpha value is -0.860. The molecule has 0 amide bonds. The van der Waals surface area contributed by atoms with E-state index >= 15 is 0 Å². The van der Waals surface area contributed by atoms with Gasteiger partial charge in [0, 0.05) is 19.6 Å². The van der Waals surface area contributed by atoms with Gasteiger partial charge in [-0.25, -0.2) is 0 Å². The Morgan fingerprint density at radius 1 is 1.26 bits per heavy atom. The lowest BCUT2D eigenvalue weighted by Gasteiger charge is -2.46. The van der Waals surface area contributed by atoms with Gasteiger partial charge in [0.1, 0.15) is 0 Å². The second-order valence-electron chi connectivity index (χ2n) is 6.34. The quantitative estimate of drug-likeness (QED) is 0.874. The highest BCUT2D eigenvalue weighted by molar-refractivity contribution is 5.25. The largest absolute Gasteiger partial charge is 0.313 e. The number of hydrogen-bond acceptors (Lipinski definition) is 2. The van der Waals surface area contributed by atoms with Gasteiger partial charge in [-0.1, -0.05) is 44.2 Å². The third-order valence-electron chi connectivity index (χ3n) is 4.33. The second kappa shape index (κ2) is 6.53. The first-order valence-corrected chi connectivity index (χ1v) is 7.64. The normalized spacial score (nSPS) is 24.8. The maximum absolute atomic E-state index is 3.56. The molecule has 19 heavy (non-hydrogen) atoms. The number of nitrogens with zero attached hydrogens (tertiary/aromatic N) is 1. The third kappa shape index (κ3) is 3.58. The van der Waals surface area contributed by atoms with Gasteiger partial charge >= 0.3 is 0 Å². The van der Waals surface area contributed by atoms with Gasteiger partial charge in [-0.15, -0.1) is 0 Å². The lowest BCUT2D eigenvalue weighted by atomic mass is 9.88. The highest BCUT2D eigenvalue weighted by Gasteiger charge is 2.35. The summed E-state index contributed by atoms with van der Waals surface area (Å²) in [6.07, 6.45) is 2.63. The van der Waals surface area contributed by atoms with E-state index in [1.54, 1.807) is 0 Å². The predicted octanol–water partition coefficient (Wildman–Crippen LogP) is 3.24. The molecular weight excluding hydrogens is 232 g/mol. The Balaban J connectivity index is 2.06. The average molecular weight is 260 g/mol. The van der Waals surface area contributed by atoms with Crippen molar-refractivity contribution in [2.24, 2.45) is 5.92 Å². The van der Waals surface area contributed by atoms with Gasteiger partial charge in [0.2, 0.25) is 0 Å². The van der Waals surface area contributed by atoms with E-state index in [-0.39, 0.29) is 5.54 Å². The van der Waals surface area contributed by atoms with Gasteiger partial charge < -0.3 is 5.32 Å². The summed E-state index contributed by atoms with van der Waals surface area (Å²) in [5.41, 5.74) is 1.59. The zero-order valence-electron chi connectivity index (χ0n) is 12.7. The van der Waals surface area contributed by atoms with Crippen LogP contribution in [0.3, 0.4) is 0 Å². The smallest absolute Gasteiger partial charge is 0.0557 e. The van der Waals surface area contributed by atoms with Crippen molar-refractivity contribution in [1.82, 2.24) is 10.2 Å². The molecule has 0 aliphatic carbocycles. The molecule has 1 unspecified atom stereocenters. The lowest BCUT2D eigenvalue weighted by Crippen LogP contribution is -2.57. The second-order valence-corrected chi connectivity index (χ2v) is 6.34. The van der Waals surface area contributed by atoms with Crippen LogP contribution in [0.4, 0.5) is 0 Å². The summed E-state index contributed by atoms with van der Waals surface area (Å²) in [5.74, 6) is 0.811. The fraction of sp³-hybridized carbons (Fsp3) is 0.647. The summed E-state index contributed by atoms with van der Waals surface area (Å²) in [5, 5.41) is 3.56. The van der Waals surface area contributed by atoms with E-state index < -0.39 is 0 Å². The number of nitrogens with one attached hydrogen (secondary N) is 1. The Morgan fingerprint density at radius 2 is 2.00 bits per heavy atom. The molecule has 106 valence electrons. The van der Waals surface area contributed by atoms with Crippen LogP contribution in [0.2, 0.25) is 0 Å². The summed E-state index contributed by atoms with van der Waals surface area (Å²) in [7, 11) is 0. The molecule has 1 aromatic carbocycles. The summed E-state index contributed by atoms with van der Waals surface area (Å²) >= 11 is 0. The molecular formula is C17H28N2. The first kappa shape index (κ1) is 14.5. The van der Waals surface area contributed by atoms with E-state index in [1.165, 1.54) is 24.9 Å². The molecule has 1 aliphatic rings. The summed E-state index contributed by atoms with van der Waals surface area (Å²) in [6, 6.07) is 10.9. The van der Waals surface area contributed by atoms with E-state index in [4.69, 9.17) is 0 Å². The van der Waals surface area contributed by atoms with Crippen LogP contribution < -0.4 is 5.32 Å². The van der Waals surface area contributed by atoms with Gasteiger partial charge in [0.15, 0.2) is 0 Å². The SMILES string of the molecule is CC(C)CCCN1CCNCC1(C)c1ccccc1. The molecule has 1 aliphatic heterocycles. The number of benzene rings is 1. The van der Waals surface area contributed by atoms with E-state index in [9.17, 15) is 0 Å². The molecule has 1 N–H and O–H groups in total. The van der Waals surface area contributed by atoms with Crippen molar-refractivity contribution in [1.29, 1.82) is 0 Å². The molecule has 2 rings (SSSR count). The van der Waals surface area contributed by atoms with Crippen LogP contribution in [-0.2, 0) is 5.54 Å². The van der Waals surface area contributed by atoms with Gasteiger partial charge in [-0.3, -0.25) is 4.90 Å². The van der Waals surface area contributed by atoms with Crippen LogP contribution in [0.25, 0.3) is 0 Å². The topological polar surface area (TPSA) is 15.3 Å². The van der Waals surface area contributed by atoms with Crippen LogP contribution >= 0.6 is 0 Å². The number of piperazine rings is 1. The zero-order chi connectivity index (χ0) is 13.7.